The van der Waals surface area contributed by atoms with E-state index in [0.29, 0.717) is 24.2 Å². The molecule has 5 rings (SSSR count). The van der Waals surface area contributed by atoms with Gasteiger partial charge >= 0.3 is 0 Å². The van der Waals surface area contributed by atoms with E-state index in [1.165, 1.54) is 6.92 Å². The predicted molar refractivity (Wildman–Crippen MR) is 107 cm³/mol. The first-order valence-electron chi connectivity index (χ1n) is 9.62. The Morgan fingerprint density at radius 2 is 1.72 bits per heavy atom. The van der Waals surface area contributed by atoms with Crippen LogP contribution >= 0.6 is 0 Å². The Kier molecular flexibility index (Phi) is 4.12. The molecule has 146 valence electrons. The fraction of sp³-hybridized carbons (Fsp3) is 0.217. The molecular weight excluding hydrogens is 368 g/mol. The number of rotatable bonds is 2. The molecule has 0 fully saturated rings. The van der Waals surface area contributed by atoms with Crippen LogP contribution in [0.1, 0.15) is 43.2 Å². The van der Waals surface area contributed by atoms with Gasteiger partial charge in [-0.1, -0.05) is 12.1 Å². The topological polar surface area (TPSA) is 75.7 Å². The fourth-order valence-corrected chi connectivity index (χ4v) is 4.38. The molecule has 0 bridgehead atoms. The number of carbonyl (C=O) groups excluding carboxylic acids is 2. The van der Waals surface area contributed by atoms with Crippen molar-refractivity contribution < 1.29 is 18.4 Å². The van der Waals surface area contributed by atoms with Crippen LogP contribution in [0.2, 0.25) is 0 Å². The number of fused-ring (bicyclic) bond motifs is 1. The van der Waals surface area contributed by atoms with Gasteiger partial charge in [0, 0.05) is 30.5 Å². The molecule has 1 aliphatic carbocycles. The first-order chi connectivity index (χ1) is 14.1. The van der Waals surface area contributed by atoms with Gasteiger partial charge < -0.3 is 14.2 Å². The smallest absolute Gasteiger partial charge is 0.224 e. The van der Waals surface area contributed by atoms with E-state index in [1.54, 1.807) is 23.5 Å². The van der Waals surface area contributed by atoms with Gasteiger partial charge in [-0.15, -0.1) is 0 Å². The summed E-state index contributed by atoms with van der Waals surface area (Å²) in [6, 6.07) is 14.3. The Hall–Kier alpha value is -3.54. The van der Waals surface area contributed by atoms with Gasteiger partial charge in [-0.3, -0.25) is 14.5 Å². The largest absolute Gasteiger partial charge is 0.469 e. The van der Waals surface area contributed by atoms with Gasteiger partial charge in [0.15, 0.2) is 5.78 Å². The fourth-order valence-electron chi connectivity index (χ4n) is 4.38. The number of anilines is 2. The van der Waals surface area contributed by atoms with E-state index in [1.807, 2.05) is 42.5 Å². The lowest BCUT2D eigenvalue weighted by atomic mass is 9.81. The third-order valence-electron chi connectivity index (χ3n) is 5.59. The Labute approximate surface area is 167 Å². The number of ketones is 1. The Bertz CT molecular complexity index is 1100. The number of benzene rings is 1. The number of para-hydroxylation sites is 2. The standard InChI is InChI=1S/C23H20N2O4/c1-14(26)25-18-7-3-2-6-16(18)24-17-12-15(20-8-4-10-28-20)13-19(27)22(17)23(25)21-9-5-11-29-21/h2-11,15,23-24H,12-13H2,1H3. The second-order valence-electron chi connectivity index (χ2n) is 7.39. The molecule has 6 nitrogen and oxygen atoms in total. The maximum atomic E-state index is 13.4. The lowest BCUT2D eigenvalue weighted by Gasteiger charge is -2.32. The number of Topliss-reactive ketones (excluding diaryl/α,β-unsaturated/α-hetero) is 1. The highest BCUT2D eigenvalue weighted by molar-refractivity contribution is 6.05. The third-order valence-corrected chi connectivity index (χ3v) is 5.59. The number of amides is 1. The molecule has 2 aromatic heterocycles. The van der Waals surface area contributed by atoms with Crippen molar-refractivity contribution in [1.29, 1.82) is 0 Å². The summed E-state index contributed by atoms with van der Waals surface area (Å²) in [4.78, 5) is 27.8. The van der Waals surface area contributed by atoms with Gasteiger partial charge in [-0.05, 0) is 42.8 Å². The van der Waals surface area contributed by atoms with Crippen LogP contribution in [0.4, 0.5) is 11.4 Å². The molecule has 2 atom stereocenters. The summed E-state index contributed by atoms with van der Waals surface area (Å²) < 4.78 is 11.3. The first kappa shape index (κ1) is 17.6. The molecule has 29 heavy (non-hydrogen) atoms. The number of carbonyl (C=O) groups is 2. The number of nitrogens with one attached hydrogen (secondary N) is 1. The Balaban J connectivity index is 1.71. The van der Waals surface area contributed by atoms with E-state index >= 15 is 0 Å². The molecule has 2 unspecified atom stereocenters. The maximum Gasteiger partial charge on any atom is 0.224 e. The number of furan rings is 2. The zero-order chi connectivity index (χ0) is 20.0. The zero-order valence-electron chi connectivity index (χ0n) is 15.9. The molecule has 1 amide bonds. The van der Waals surface area contributed by atoms with Crippen LogP contribution in [0.15, 0.2) is 81.2 Å². The second kappa shape index (κ2) is 6.81. The van der Waals surface area contributed by atoms with Crippen LogP contribution in [-0.2, 0) is 9.59 Å². The molecule has 2 aliphatic rings. The monoisotopic (exact) mass is 388 g/mol. The highest BCUT2D eigenvalue weighted by Crippen LogP contribution is 2.47. The summed E-state index contributed by atoms with van der Waals surface area (Å²) in [7, 11) is 0. The summed E-state index contributed by atoms with van der Waals surface area (Å²) in [5.41, 5.74) is 2.89. The lowest BCUT2D eigenvalue weighted by Crippen LogP contribution is -2.37. The van der Waals surface area contributed by atoms with Gasteiger partial charge in [0.1, 0.15) is 17.6 Å². The van der Waals surface area contributed by atoms with E-state index in [4.69, 9.17) is 8.83 Å². The molecule has 0 saturated heterocycles. The molecule has 1 aliphatic heterocycles. The van der Waals surface area contributed by atoms with Crippen molar-refractivity contribution in [2.45, 2.75) is 31.7 Å². The SMILES string of the molecule is CC(=O)N1c2ccccc2NC2=C(C(=O)CC(c3ccco3)C2)C1c1ccco1. The molecule has 1 aromatic carbocycles. The number of hydrogen-bond donors (Lipinski definition) is 1. The molecule has 1 N–H and O–H groups in total. The molecule has 6 heteroatoms. The average molecular weight is 388 g/mol. The molecule has 0 radical (unpaired) electrons. The van der Waals surface area contributed by atoms with Crippen LogP contribution in [0.5, 0.6) is 0 Å². The molecule has 3 heterocycles. The van der Waals surface area contributed by atoms with E-state index in [9.17, 15) is 9.59 Å². The minimum absolute atomic E-state index is 0.0133. The van der Waals surface area contributed by atoms with Crippen LogP contribution in [-0.4, -0.2) is 11.7 Å². The van der Waals surface area contributed by atoms with Crippen molar-refractivity contribution in [3.63, 3.8) is 0 Å². The quantitative estimate of drug-likeness (QED) is 0.683. The second-order valence-corrected chi connectivity index (χ2v) is 7.39. The van der Waals surface area contributed by atoms with Crippen LogP contribution in [0, 0.1) is 0 Å². The van der Waals surface area contributed by atoms with Crippen LogP contribution in [0.3, 0.4) is 0 Å². The zero-order valence-corrected chi connectivity index (χ0v) is 15.9. The highest BCUT2D eigenvalue weighted by Gasteiger charge is 2.42. The molecule has 0 saturated carbocycles. The molecule has 0 spiro atoms. The summed E-state index contributed by atoms with van der Waals surface area (Å²) in [5.74, 6) is 1.14. The first-order valence-corrected chi connectivity index (χ1v) is 9.62. The van der Waals surface area contributed by atoms with Crippen molar-refractivity contribution in [1.82, 2.24) is 0 Å². The Morgan fingerprint density at radius 1 is 1.00 bits per heavy atom. The van der Waals surface area contributed by atoms with Crippen molar-refractivity contribution >= 4 is 23.1 Å². The van der Waals surface area contributed by atoms with Gasteiger partial charge in [0.2, 0.25) is 5.91 Å². The van der Waals surface area contributed by atoms with Crippen LogP contribution < -0.4 is 10.2 Å². The van der Waals surface area contributed by atoms with Crippen molar-refractivity contribution in [2.24, 2.45) is 0 Å². The van der Waals surface area contributed by atoms with Crippen molar-refractivity contribution in [3.05, 3.63) is 83.8 Å². The summed E-state index contributed by atoms with van der Waals surface area (Å²) in [5, 5.41) is 3.44. The van der Waals surface area contributed by atoms with E-state index < -0.39 is 6.04 Å². The van der Waals surface area contributed by atoms with Gasteiger partial charge in [0.05, 0.1) is 23.9 Å². The van der Waals surface area contributed by atoms with Crippen molar-refractivity contribution in [2.75, 3.05) is 10.2 Å². The predicted octanol–water partition coefficient (Wildman–Crippen LogP) is 4.79. The van der Waals surface area contributed by atoms with Gasteiger partial charge in [-0.25, -0.2) is 0 Å². The lowest BCUT2D eigenvalue weighted by molar-refractivity contribution is -0.117. The van der Waals surface area contributed by atoms with E-state index in [2.05, 4.69) is 5.32 Å². The third kappa shape index (κ3) is 2.88. The maximum absolute atomic E-state index is 13.4. The minimum Gasteiger partial charge on any atom is -0.469 e. The minimum atomic E-state index is -0.612. The van der Waals surface area contributed by atoms with Crippen molar-refractivity contribution in [3.8, 4) is 0 Å². The molecular formula is C23H20N2O4. The Morgan fingerprint density at radius 3 is 2.41 bits per heavy atom. The number of allylic oxidation sites excluding steroid dienone is 1. The highest BCUT2D eigenvalue weighted by atomic mass is 16.3. The van der Waals surface area contributed by atoms with E-state index in [-0.39, 0.29) is 17.6 Å². The normalized spacial score (nSPS) is 21.3. The van der Waals surface area contributed by atoms with Gasteiger partial charge in [0.25, 0.3) is 0 Å². The van der Waals surface area contributed by atoms with E-state index in [0.717, 1.165) is 22.8 Å². The number of nitrogens with zero attached hydrogens (tertiary/aromatic N) is 1. The summed E-state index contributed by atoms with van der Waals surface area (Å²) >= 11 is 0. The molecule has 3 aromatic rings. The van der Waals surface area contributed by atoms with Gasteiger partial charge in [-0.2, -0.15) is 0 Å². The summed E-state index contributed by atoms with van der Waals surface area (Å²) in [6.45, 7) is 1.51. The average Bonchev–Trinajstić information content (AvgIpc) is 3.39. The number of hydrogen-bond acceptors (Lipinski definition) is 5. The van der Waals surface area contributed by atoms with Crippen LogP contribution in [0.25, 0.3) is 0 Å². The summed E-state index contributed by atoms with van der Waals surface area (Å²) in [6.07, 6.45) is 4.14.